The molecule has 7 heterocycles. The van der Waals surface area contributed by atoms with Crippen LogP contribution in [0.15, 0.2) is 22.2 Å². The molecule has 3 aliphatic heterocycles. The normalized spacial score (nSPS) is 36.3. The number of ether oxygens (including phenoxy) is 2. The summed E-state index contributed by atoms with van der Waals surface area (Å²) in [5, 5.41) is 22.2. The third kappa shape index (κ3) is 5.86. The molecule has 4 aromatic rings. The highest BCUT2D eigenvalue weighted by molar-refractivity contribution is 7.47. The van der Waals surface area contributed by atoms with Crippen molar-refractivity contribution in [3.63, 3.8) is 0 Å². The SMILES string of the molecule is N.Nc1nc2c(ncn2[C@@H]2O[C@@H]3COP(=O)(O)O[C@H]4[C@@H](O)[C@H](n5cnc6c(=O)[nH]c(N)nc65)O[C@@H]4COP(=O)(O)O[C@H]3[C@H]2O)c(=O)[nH]1. The highest BCUT2D eigenvalue weighted by Crippen LogP contribution is 2.53. The predicted octanol–water partition coefficient (Wildman–Crippen LogP) is -2.89. The molecule has 10 atom stereocenters. The van der Waals surface area contributed by atoms with Gasteiger partial charge in [0.15, 0.2) is 34.8 Å². The zero-order valence-electron chi connectivity index (χ0n) is 23.5. The summed E-state index contributed by atoms with van der Waals surface area (Å²) in [5.41, 5.74) is 9.28. The van der Waals surface area contributed by atoms with E-state index in [4.69, 9.17) is 39.0 Å². The summed E-state index contributed by atoms with van der Waals surface area (Å²) in [5.74, 6) is -0.561. The Kier molecular flexibility index (Phi) is 8.33. The quantitative estimate of drug-likeness (QED) is 0.0944. The lowest BCUT2D eigenvalue weighted by Gasteiger charge is -2.27. The first kappa shape index (κ1) is 33.2. The van der Waals surface area contributed by atoms with E-state index in [-0.39, 0.29) is 40.4 Å². The number of hydrogen-bond acceptors (Lipinski definition) is 19. The number of nitrogens with two attached hydrogens (primary N) is 2. The van der Waals surface area contributed by atoms with Gasteiger partial charge in [0.2, 0.25) is 11.9 Å². The van der Waals surface area contributed by atoms with Crippen LogP contribution in [0.25, 0.3) is 22.3 Å². The molecule has 256 valence electrons. The predicted molar refractivity (Wildman–Crippen MR) is 151 cm³/mol. The summed E-state index contributed by atoms with van der Waals surface area (Å²) in [6, 6.07) is 0. The second kappa shape index (κ2) is 11.8. The Bertz CT molecular complexity index is 1910. The molecular formula is C20H27N11O14P2. The zero-order chi connectivity index (χ0) is 32.7. The van der Waals surface area contributed by atoms with Gasteiger partial charge < -0.3 is 47.1 Å². The van der Waals surface area contributed by atoms with E-state index < -0.39 is 89.1 Å². The number of rotatable bonds is 2. The van der Waals surface area contributed by atoms with Crippen molar-refractivity contribution in [1.29, 1.82) is 0 Å². The van der Waals surface area contributed by atoms with Gasteiger partial charge >= 0.3 is 15.6 Å². The number of aromatic nitrogens is 8. The zero-order valence-corrected chi connectivity index (χ0v) is 25.3. The minimum Gasteiger partial charge on any atom is -0.386 e. The standard InChI is InChI=1S/C20H24N10O14P2.H3N/c21-19-25-13-7(15(33)27-19)23-3-29(13)17-9(31)11-5(41-17)1-39-45(35,36)44-12-6(2-40-46(37,38)43-11)42-18(10(12)32)30-4-24-8-14(30)26-20(22)28-16(8)34;/h3-6,9-12,17-18,31-32H,1-2H2,(H,35,36)(H,37,38)(H3,21,25,27,33)(H3,22,26,28,34);1H3/t5-,6-,9-,10-,11-,12-,17-,18-;/m1./s1. The Morgan fingerprint density at radius 3 is 1.53 bits per heavy atom. The van der Waals surface area contributed by atoms with Gasteiger partial charge in [-0.1, -0.05) is 0 Å². The molecule has 47 heavy (non-hydrogen) atoms. The summed E-state index contributed by atoms with van der Waals surface area (Å²) in [4.78, 5) is 65.9. The third-order valence-corrected chi connectivity index (χ3v) is 9.35. The van der Waals surface area contributed by atoms with E-state index in [2.05, 4.69) is 29.9 Å². The summed E-state index contributed by atoms with van der Waals surface area (Å²) in [7, 11) is -10.2. The van der Waals surface area contributed by atoms with Crippen LogP contribution in [0.5, 0.6) is 0 Å². The maximum absolute atomic E-state index is 13.1. The van der Waals surface area contributed by atoms with Gasteiger partial charge in [-0.15, -0.1) is 0 Å². The summed E-state index contributed by atoms with van der Waals surface area (Å²) in [6.07, 6.45) is -10.9. The number of nitrogens with zero attached hydrogens (tertiary/aromatic N) is 6. The van der Waals surface area contributed by atoms with Crippen molar-refractivity contribution in [2.24, 2.45) is 0 Å². The fourth-order valence-corrected chi connectivity index (χ4v) is 7.32. The maximum atomic E-state index is 13.1. The molecule has 0 aliphatic carbocycles. The average Bonchev–Trinajstić information content (AvgIpc) is 3.72. The van der Waals surface area contributed by atoms with E-state index in [0.717, 1.165) is 21.8 Å². The van der Waals surface area contributed by atoms with E-state index in [0.29, 0.717) is 0 Å². The molecule has 0 radical (unpaired) electrons. The number of phosphoric ester groups is 2. The van der Waals surface area contributed by atoms with Crippen LogP contribution in [0.4, 0.5) is 11.9 Å². The summed E-state index contributed by atoms with van der Waals surface area (Å²) >= 11 is 0. The monoisotopic (exact) mass is 707 g/mol. The van der Waals surface area contributed by atoms with Crippen LogP contribution < -0.4 is 28.7 Å². The van der Waals surface area contributed by atoms with Crippen LogP contribution in [-0.4, -0.2) is 109 Å². The summed E-state index contributed by atoms with van der Waals surface area (Å²) in [6.45, 7) is -1.74. The largest absolute Gasteiger partial charge is 0.472 e. The molecule has 0 bridgehead atoms. The van der Waals surface area contributed by atoms with Gasteiger partial charge in [-0.25, -0.2) is 19.1 Å². The number of anilines is 2. The van der Waals surface area contributed by atoms with Crippen LogP contribution >= 0.6 is 15.6 Å². The fourth-order valence-electron chi connectivity index (χ4n) is 5.39. The number of fused-ring (bicyclic) bond motifs is 4. The number of H-pyrrole nitrogens is 2. The topological polar surface area (TPSA) is 385 Å². The van der Waals surface area contributed by atoms with Crippen LogP contribution in [-0.2, 0) is 36.7 Å². The van der Waals surface area contributed by atoms with E-state index in [1.165, 1.54) is 0 Å². The molecule has 4 aromatic heterocycles. The van der Waals surface area contributed by atoms with Crippen molar-refractivity contribution in [3.8, 4) is 0 Å². The van der Waals surface area contributed by atoms with Gasteiger partial charge in [0.05, 0.1) is 25.9 Å². The number of hydrogen-bond donors (Lipinski definition) is 9. The van der Waals surface area contributed by atoms with E-state index in [1.807, 2.05) is 0 Å². The van der Waals surface area contributed by atoms with Crippen LogP contribution in [0, 0.1) is 0 Å². The number of aliphatic hydroxyl groups is 2. The molecule has 0 amide bonds. The van der Waals surface area contributed by atoms with Gasteiger partial charge in [0.25, 0.3) is 11.1 Å². The van der Waals surface area contributed by atoms with Crippen LogP contribution in [0.1, 0.15) is 12.5 Å². The molecule has 25 nitrogen and oxygen atoms in total. The van der Waals surface area contributed by atoms with Crippen molar-refractivity contribution in [3.05, 3.63) is 33.4 Å². The summed E-state index contributed by atoms with van der Waals surface area (Å²) < 4.78 is 60.5. The number of aromatic amines is 2. The molecule has 3 saturated heterocycles. The highest BCUT2D eigenvalue weighted by atomic mass is 31.2. The van der Waals surface area contributed by atoms with Crippen LogP contribution in [0.3, 0.4) is 0 Å². The molecular weight excluding hydrogens is 680 g/mol. The van der Waals surface area contributed by atoms with Crippen molar-refractivity contribution >= 4 is 49.9 Å². The molecule has 3 aliphatic rings. The van der Waals surface area contributed by atoms with E-state index in [9.17, 15) is 38.7 Å². The van der Waals surface area contributed by atoms with Gasteiger partial charge in [-0.2, -0.15) is 9.97 Å². The number of aliphatic hydroxyl groups excluding tert-OH is 2. The highest BCUT2D eigenvalue weighted by Gasteiger charge is 2.54. The Hall–Kier alpha value is -3.68. The molecule has 0 saturated carbocycles. The third-order valence-electron chi connectivity index (χ3n) is 7.38. The van der Waals surface area contributed by atoms with Crippen molar-refractivity contribution in [2.45, 2.75) is 49.1 Å². The second-order valence-electron chi connectivity index (χ2n) is 10.3. The fraction of sp³-hybridized carbons (Fsp3) is 0.500. The molecule has 0 spiro atoms. The molecule has 27 heteroatoms. The number of imidazole rings is 2. The van der Waals surface area contributed by atoms with Crippen molar-refractivity contribution in [1.82, 2.24) is 45.2 Å². The van der Waals surface area contributed by atoms with Crippen molar-refractivity contribution in [2.75, 3.05) is 24.7 Å². The van der Waals surface area contributed by atoms with Gasteiger partial charge in [0.1, 0.15) is 36.6 Å². The lowest BCUT2D eigenvalue weighted by Crippen LogP contribution is -2.39. The van der Waals surface area contributed by atoms with Gasteiger partial charge in [-0.3, -0.25) is 46.8 Å². The maximum Gasteiger partial charge on any atom is 0.472 e. The van der Waals surface area contributed by atoms with E-state index >= 15 is 0 Å². The lowest BCUT2D eigenvalue weighted by molar-refractivity contribution is -0.0664. The molecule has 3 fully saturated rings. The number of nitrogen functional groups attached to an aromatic ring is 2. The Morgan fingerprint density at radius 2 is 1.15 bits per heavy atom. The smallest absolute Gasteiger partial charge is 0.386 e. The first-order valence-electron chi connectivity index (χ1n) is 13.1. The molecule has 2 unspecified atom stereocenters. The number of phosphoric acid groups is 2. The van der Waals surface area contributed by atoms with Gasteiger partial charge in [0, 0.05) is 0 Å². The first-order valence-corrected chi connectivity index (χ1v) is 16.1. The molecule has 13 N–H and O–H groups in total. The minimum absolute atomic E-state index is 0. The van der Waals surface area contributed by atoms with E-state index in [1.54, 1.807) is 0 Å². The van der Waals surface area contributed by atoms with Crippen LogP contribution in [0.2, 0.25) is 0 Å². The Labute approximate surface area is 259 Å². The molecule has 7 rings (SSSR count). The number of nitrogens with one attached hydrogen (secondary N) is 2. The lowest BCUT2D eigenvalue weighted by atomic mass is 10.1. The average molecular weight is 707 g/mol. The molecule has 0 aromatic carbocycles. The Morgan fingerprint density at radius 1 is 0.766 bits per heavy atom. The Balaban J connectivity index is 0.00000386. The minimum atomic E-state index is -5.10. The van der Waals surface area contributed by atoms with Crippen molar-refractivity contribution < 1.29 is 56.7 Å². The van der Waals surface area contributed by atoms with Gasteiger partial charge in [-0.05, 0) is 0 Å². The second-order valence-corrected chi connectivity index (χ2v) is 13.1. The first-order chi connectivity index (χ1) is 21.7.